The smallest absolute Gasteiger partial charge is 0.245 e. The van der Waals surface area contributed by atoms with Crippen LogP contribution < -0.4 is 0 Å². The third kappa shape index (κ3) is 4.72. The molecule has 4 nitrogen and oxygen atoms in total. The van der Waals surface area contributed by atoms with Crippen LogP contribution in [0.15, 0.2) is 24.3 Å². The molecule has 0 saturated heterocycles. The number of fused-ring (bicyclic) bond motifs is 10. The molecule has 8 saturated carbocycles. The van der Waals surface area contributed by atoms with Gasteiger partial charge in [-0.1, -0.05) is 52.0 Å². The molecule has 8 aliphatic carbocycles. The van der Waals surface area contributed by atoms with Gasteiger partial charge in [0.2, 0.25) is 0 Å². The van der Waals surface area contributed by atoms with Crippen molar-refractivity contribution in [1.29, 1.82) is 0 Å². The van der Waals surface area contributed by atoms with E-state index in [2.05, 4.69) is 40.9 Å². The molecule has 0 aliphatic heterocycles. The van der Waals surface area contributed by atoms with Crippen LogP contribution in [0.2, 0.25) is 0 Å². The second kappa shape index (κ2) is 10.7. The third-order valence-electron chi connectivity index (χ3n) is 17.7. The van der Waals surface area contributed by atoms with E-state index in [9.17, 15) is 8.42 Å². The summed E-state index contributed by atoms with van der Waals surface area (Å²) in [6, 6.07) is 0. The summed E-state index contributed by atoms with van der Waals surface area (Å²) in [6.07, 6.45) is 20.5. The molecule has 2 unspecified atom stereocenters. The Morgan fingerprint density at radius 1 is 0.556 bits per heavy atom. The average Bonchev–Trinajstić information content (AvgIpc) is 3.47. The number of rotatable bonds is 4. The fourth-order valence-corrected chi connectivity index (χ4v) is 15.8. The maximum absolute atomic E-state index is 13.4. The van der Waals surface area contributed by atoms with Gasteiger partial charge in [0.1, 0.15) is 0 Å². The van der Waals surface area contributed by atoms with Crippen LogP contribution in [-0.2, 0) is 18.8 Å². The van der Waals surface area contributed by atoms with E-state index in [0.29, 0.717) is 33.5 Å². The van der Waals surface area contributed by atoms with Gasteiger partial charge in [-0.3, -0.25) is 0 Å². The van der Waals surface area contributed by atoms with Gasteiger partial charge in [0.05, 0.1) is 12.2 Å². The van der Waals surface area contributed by atoms with Gasteiger partial charge >= 0.3 is 10.4 Å². The summed E-state index contributed by atoms with van der Waals surface area (Å²) in [4.78, 5) is 0. The van der Waals surface area contributed by atoms with Gasteiger partial charge in [0.25, 0.3) is 0 Å². The summed E-state index contributed by atoms with van der Waals surface area (Å²) in [7, 11) is -4.01. The first kappa shape index (κ1) is 31.6. The Morgan fingerprint density at radius 2 is 0.978 bits per heavy atom. The monoisotopic (exact) mass is 638 g/mol. The first-order valence-electron chi connectivity index (χ1n) is 19.2. The highest BCUT2D eigenvalue weighted by Crippen LogP contribution is 2.69. The summed E-state index contributed by atoms with van der Waals surface area (Å²) in [5.74, 6) is 5.89. The molecule has 8 aliphatic rings. The van der Waals surface area contributed by atoms with Crippen LogP contribution in [0, 0.1) is 69.0 Å². The van der Waals surface area contributed by atoms with Crippen LogP contribution >= 0.6 is 0 Å². The second-order valence-electron chi connectivity index (χ2n) is 18.9. The summed E-state index contributed by atoms with van der Waals surface area (Å²) < 4.78 is 38.8. The van der Waals surface area contributed by atoms with Gasteiger partial charge in [-0.2, -0.15) is 8.42 Å². The predicted octanol–water partition coefficient (Wildman–Crippen LogP) is 10.2. The van der Waals surface area contributed by atoms with Crippen LogP contribution in [0.4, 0.5) is 0 Å². The van der Waals surface area contributed by atoms with Crippen molar-refractivity contribution in [2.45, 2.75) is 155 Å². The van der Waals surface area contributed by atoms with E-state index in [-0.39, 0.29) is 12.2 Å². The molecule has 0 spiro atoms. The minimum atomic E-state index is -4.01. The lowest BCUT2D eigenvalue weighted by Crippen LogP contribution is -2.54. The molecular weight excluding hydrogens is 577 g/mol. The Balaban J connectivity index is 0.879. The highest BCUT2D eigenvalue weighted by atomic mass is 32.3. The molecular formula is C40H62O4S. The Bertz CT molecular complexity index is 1240. The van der Waals surface area contributed by atoms with E-state index in [4.69, 9.17) is 8.37 Å². The highest BCUT2D eigenvalue weighted by Gasteiger charge is 2.61. The van der Waals surface area contributed by atoms with Crippen molar-refractivity contribution in [3.8, 4) is 0 Å². The molecule has 14 atom stereocenters. The van der Waals surface area contributed by atoms with Gasteiger partial charge in [-0.15, -0.1) is 0 Å². The molecule has 0 bridgehead atoms. The second-order valence-corrected chi connectivity index (χ2v) is 20.1. The van der Waals surface area contributed by atoms with Crippen molar-refractivity contribution in [3.05, 3.63) is 24.3 Å². The van der Waals surface area contributed by atoms with Crippen LogP contribution in [0.3, 0.4) is 0 Å². The van der Waals surface area contributed by atoms with Crippen LogP contribution in [0.5, 0.6) is 0 Å². The van der Waals surface area contributed by atoms with E-state index < -0.39 is 10.4 Å². The topological polar surface area (TPSA) is 52.6 Å². The van der Waals surface area contributed by atoms with Crippen molar-refractivity contribution in [2.75, 3.05) is 0 Å². The largest absolute Gasteiger partial charge is 0.400 e. The number of allylic oxidation sites excluding steroid dienone is 2. The molecule has 252 valence electrons. The molecule has 0 radical (unpaired) electrons. The third-order valence-corrected chi connectivity index (χ3v) is 18.7. The van der Waals surface area contributed by atoms with Crippen molar-refractivity contribution < 1.29 is 16.8 Å². The van der Waals surface area contributed by atoms with E-state index in [1.54, 1.807) is 0 Å². The van der Waals surface area contributed by atoms with Gasteiger partial charge in [0, 0.05) is 0 Å². The van der Waals surface area contributed by atoms with Gasteiger partial charge in [-0.05, 0) is 185 Å². The van der Waals surface area contributed by atoms with Crippen LogP contribution in [-0.4, -0.2) is 20.6 Å². The Morgan fingerprint density at radius 3 is 1.40 bits per heavy atom. The lowest BCUT2D eigenvalue weighted by atomic mass is 9.45. The van der Waals surface area contributed by atoms with Crippen molar-refractivity contribution in [2.24, 2.45) is 69.0 Å². The SMILES string of the molecule is C=C1CC[C@H]2[C@@H]3CCC4C[C@H](OS(=O)(=O)O[C@@H]5CC[C@@]6(C)C(CC[C@@H]7[C@@H]6CC[C@]6(C)C(=C)CC[C@@H]76)C5)CC[C@]4(C)[C@H]3CC[C@]12C. The molecule has 8 fully saturated rings. The van der Waals surface area contributed by atoms with E-state index >= 15 is 0 Å². The summed E-state index contributed by atoms with van der Waals surface area (Å²) >= 11 is 0. The highest BCUT2D eigenvalue weighted by molar-refractivity contribution is 7.81. The lowest BCUT2D eigenvalue weighted by molar-refractivity contribution is -0.119. The first-order valence-corrected chi connectivity index (χ1v) is 20.6. The van der Waals surface area contributed by atoms with Gasteiger partial charge < -0.3 is 0 Å². The zero-order valence-corrected chi connectivity index (χ0v) is 29.8. The summed E-state index contributed by atoms with van der Waals surface area (Å²) in [5, 5.41) is 0. The maximum atomic E-state index is 13.4. The summed E-state index contributed by atoms with van der Waals surface area (Å²) in [5.41, 5.74) is 4.35. The maximum Gasteiger partial charge on any atom is 0.400 e. The predicted molar refractivity (Wildman–Crippen MR) is 180 cm³/mol. The zero-order chi connectivity index (χ0) is 31.6. The van der Waals surface area contributed by atoms with Crippen LogP contribution in [0.25, 0.3) is 0 Å². The molecule has 0 aromatic rings. The quantitative estimate of drug-likeness (QED) is 0.288. The molecule has 0 N–H and O–H groups in total. The molecule has 0 aromatic carbocycles. The molecule has 45 heavy (non-hydrogen) atoms. The van der Waals surface area contributed by atoms with Gasteiger partial charge in [-0.25, -0.2) is 8.37 Å². The fourth-order valence-electron chi connectivity index (χ4n) is 14.8. The van der Waals surface area contributed by atoms with Crippen molar-refractivity contribution >= 4 is 10.4 Å². The Kier molecular flexibility index (Phi) is 7.50. The first-order chi connectivity index (χ1) is 21.3. The van der Waals surface area contributed by atoms with Gasteiger partial charge in [0.15, 0.2) is 0 Å². The average molecular weight is 639 g/mol. The minimum absolute atomic E-state index is 0.230. The minimum Gasteiger partial charge on any atom is -0.245 e. The van der Waals surface area contributed by atoms with Crippen LogP contribution in [0.1, 0.15) is 143 Å². The van der Waals surface area contributed by atoms with Crippen molar-refractivity contribution in [1.82, 2.24) is 0 Å². The normalized spacial score (nSPS) is 54.3. The zero-order valence-electron chi connectivity index (χ0n) is 29.0. The Hall–Kier alpha value is -0.650. The Labute approximate surface area is 275 Å². The van der Waals surface area contributed by atoms with E-state index in [1.165, 1.54) is 88.2 Å². The van der Waals surface area contributed by atoms with Crippen molar-refractivity contribution in [3.63, 3.8) is 0 Å². The lowest BCUT2D eigenvalue weighted by Gasteiger charge is -2.60. The molecule has 0 amide bonds. The van der Waals surface area contributed by atoms with E-state index in [0.717, 1.165) is 74.0 Å². The number of hydrogen-bond acceptors (Lipinski definition) is 4. The fraction of sp³-hybridized carbons (Fsp3) is 0.900. The standard InChI is InChI=1S/C40H62O4S/c1-25-7-13-33-31-11-9-27-23-29(15-19-39(27,5)35(31)17-21-37(25,33)3)43-45(41,42)44-30-16-20-40(6)28(24-30)10-12-32-34-14-8-26(2)38(34,4)22-18-36(32)40/h27-36H,1-2,7-24H2,3-6H3/t27?,28?,29-,30-,31+,32+,33+,34+,35+,36+,37-,38-,39+,40+/m1/s1. The number of hydrogen-bond donors (Lipinski definition) is 0. The van der Waals surface area contributed by atoms with E-state index in [1.807, 2.05) is 0 Å². The molecule has 8 rings (SSSR count). The molecule has 0 aromatic heterocycles. The molecule has 0 heterocycles. The molecule has 5 heteroatoms. The summed E-state index contributed by atoms with van der Waals surface area (Å²) in [6.45, 7) is 19.1.